The maximum absolute atomic E-state index is 13.5. The molecule has 2 aromatic rings. The zero-order valence-corrected chi connectivity index (χ0v) is 11.3. The molecule has 1 N–H and O–H groups in total. The van der Waals surface area contributed by atoms with Crippen molar-refractivity contribution in [3.8, 4) is 5.75 Å². The highest BCUT2D eigenvalue weighted by atomic mass is 35.5. The molecule has 2 nitrogen and oxygen atoms in total. The molecule has 2 rings (SSSR count). The second-order valence-corrected chi connectivity index (χ2v) is 4.61. The lowest BCUT2D eigenvalue weighted by atomic mass is 10.2. The van der Waals surface area contributed by atoms with E-state index in [0.29, 0.717) is 5.56 Å². The van der Waals surface area contributed by atoms with Gasteiger partial charge in [-0.05, 0) is 35.9 Å². The molecule has 0 heterocycles. The average molecular weight is 320 g/mol. The Bertz CT molecular complexity index is 613. The van der Waals surface area contributed by atoms with Gasteiger partial charge in [0.05, 0.1) is 5.69 Å². The normalized spacial score (nSPS) is 11.3. The van der Waals surface area contributed by atoms with E-state index in [9.17, 15) is 17.6 Å². The van der Waals surface area contributed by atoms with Crippen LogP contribution in [0, 0.1) is 5.82 Å². The first-order valence-corrected chi connectivity index (χ1v) is 6.25. The minimum absolute atomic E-state index is 0.255. The van der Waals surface area contributed by atoms with Crippen LogP contribution < -0.4 is 10.1 Å². The minimum Gasteiger partial charge on any atom is -0.406 e. The van der Waals surface area contributed by atoms with Gasteiger partial charge in [0, 0.05) is 11.6 Å². The van der Waals surface area contributed by atoms with Gasteiger partial charge in [-0.15, -0.1) is 13.2 Å². The van der Waals surface area contributed by atoms with Crippen LogP contribution in [0.1, 0.15) is 5.56 Å². The summed E-state index contributed by atoms with van der Waals surface area (Å²) in [6, 6.07) is 9.51. The molecule has 7 heteroatoms. The maximum atomic E-state index is 13.5. The van der Waals surface area contributed by atoms with Crippen LogP contribution in [-0.4, -0.2) is 6.36 Å². The van der Waals surface area contributed by atoms with Crippen molar-refractivity contribution in [1.29, 1.82) is 0 Å². The van der Waals surface area contributed by atoms with Gasteiger partial charge >= 0.3 is 6.36 Å². The average Bonchev–Trinajstić information content (AvgIpc) is 2.38. The summed E-state index contributed by atoms with van der Waals surface area (Å²) in [5.41, 5.74) is 0.939. The summed E-state index contributed by atoms with van der Waals surface area (Å²) < 4.78 is 53.3. The van der Waals surface area contributed by atoms with Gasteiger partial charge in [0.25, 0.3) is 0 Å². The van der Waals surface area contributed by atoms with E-state index < -0.39 is 12.2 Å². The second kappa shape index (κ2) is 6.22. The quantitative estimate of drug-likeness (QED) is 0.802. The van der Waals surface area contributed by atoms with Gasteiger partial charge in [-0.1, -0.05) is 23.7 Å². The summed E-state index contributed by atoms with van der Waals surface area (Å²) in [6.07, 6.45) is -4.72. The lowest BCUT2D eigenvalue weighted by molar-refractivity contribution is -0.274. The number of hydrogen-bond donors (Lipinski definition) is 1. The van der Waals surface area contributed by atoms with Crippen LogP contribution in [-0.2, 0) is 6.54 Å². The first-order chi connectivity index (χ1) is 9.83. The minimum atomic E-state index is -4.72. The van der Waals surface area contributed by atoms with Gasteiger partial charge in [-0.2, -0.15) is 0 Å². The fourth-order valence-corrected chi connectivity index (χ4v) is 1.80. The number of rotatable bonds is 4. The Morgan fingerprint density at radius 3 is 2.29 bits per heavy atom. The van der Waals surface area contributed by atoms with E-state index in [-0.39, 0.29) is 23.0 Å². The molecular formula is C14H10ClF4NO. The van der Waals surface area contributed by atoms with E-state index in [4.69, 9.17) is 11.6 Å². The van der Waals surface area contributed by atoms with E-state index in [0.717, 1.165) is 0 Å². The smallest absolute Gasteiger partial charge is 0.406 e. The number of hydrogen-bond acceptors (Lipinski definition) is 2. The summed E-state index contributed by atoms with van der Waals surface area (Å²) in [6.45, 7) is 0.255. The molecule has 0 aromatic heterocycles. The molecule has 0 unspecified atom stereocenters. The van der Waals surface area contributed by atoms with Crippen molar-refractivity contribution in [2.45, 2.75) is 12.9 Å². The largest absolute Gasteiger partial charge is 0.573 e. The Labute approximate surface area is 123 Å². The maximum Gasteiger partial charge on any atom is 0.573 e. The number of anilines is 1. The fraction of sp³-hybridized carbons (Fsp3) is 0.143. The van der Waals surface area contributed by atoms with Crippen LogP contribution in [0.25, 0.3) is 0 Å². The molecule has 0 amide bonds. The molecule has 0 radical (unpaired) electrons. The third kappa shape index (κ3) is 4.82. The van der Waals surface area contributed by atoms with Crippen LogP contribution in [0.5, 0.6) is 5.75 Å². The molecule has 21 heavy (non-hydrogen) atoms. The Hall–Kier alpha value is -1.95. The van der Waals surface area contributed by atoms with Crippen molar-refractivity contribution in [2.24, 2.45) is 0 Å². The lowest BCUT2D eigenvalue weighted by Gasteiger charge is -2.10. The molecule has 0 aliphatic carbocycles. The number of nitrogens with one attached hydrogen (secondary N) is 1. The second-order valence-electron chi connectivity index (χ2n) is 4.17. The van der Waals surface area contributed by atoms with Crippen molar-refractivity contribution in [2.75, 3.05) is 5.32 Å². The zero-order valence-electron chi connectivity index (χ0n) is 10.5. The number of halogens is 5. The first-order valence-electron chi connectivity index (χ1n) is 5.87. The summed E-state index contributed by atoms with van der Waals surface area (Å²) in [4.78, 5) is 0. The Morgan fingerprint density at radius 1 is 1.05 bits per heavy atom. The molecule has 0 spiro atoms. The van der Waals surface area contributed by atoms with Crippen molar-refractivity contribution in [3.05, 3.63) is 58.9 Å². The summed E-state index contributed by atoms with van der Waals surface area (Å²) in [7, 11) is 0. The van der Waals surface area contributed by atoms with E-state index >= 15 is 0 Å². The van der Waals surface area contributed by atoms with Gasteiger partial charge in [-0.25, -0.2) is 4.39 Å². The summed E-state index contributed by atoms with van der Waals surface area (Å²) in [5.74, 6) is -0.802. The van der Waals surface area contributed by atoms with Crippen LogP contribution in [0.15, 0.2) is 42.5 Å². The Morgan fingerprint density at radius 2 is 1.71 bits per heavy atom. The Balaban J connectivity index is 1.97. The van der Waals surface area contributed by atoms with Crippen LogP contribution in [0.4, 0.5) is 23.2 Å². The van der Waals surface area contributed by atoms with Gasteiger partial charge in [0.15, 0.2) is 0 Å². The molecule has 0 aliphatic rings. The van der Waals surface area contributed by atoms with Crippen molar-refractivity contribution in [1.82, 2.24) is 0 Å². The van der Waals surface area contributed by atoms with Gasteiger partial charge in [0.1, 0.15) is 11.6 Å². The SMILES string of the molecule is Fc1cc(Cl)ccc1NCc1ccc(OC(F)(F)F)cc1. The molecule has 0 atom stereocenters. The molecule has 0 fully saturated rings. The van der Waals surface area contributed by atoms with Crippen LogP contribution in [0.3, 0.4) is 0 Å². The van der Waals surface area contributed by atoms with Crippen molar-refractivity contribution < 1.29 is 22.3 Å². The highest BCUT2D eigenvalue weighted by Gasteiger charge is 2.30. The molecule has 2 aromatic carbocycles. The van der Waals surface area contributed by atoms with E-state index in [2.05, 4.69) is 10.1 Å². The highest BCUT2D eigenvalue weighted by molar-refractivity contribution is 6.30. The Kier molecular flexibility index (Phi) is 4.57. The zero-order chi connectivity index (χ0) is 15.5. The third-order valence-electron chi connectivity index (χ3n) is 2.57. The van der Waals surface area contributed by atoms with Crippen LogP contribution in [0.2, 0.25) is 5.02 Å². The summed E-state index contributed by atoms with van der Waals surface area (Å²) >= 11 is 5.63. The molecule has 0 saturated heterocycles. The van der Waals surface area contributed by atoms with E-state index in [1.54, 1.807) is 0 Å². The topological polar surface area (TPSA) is 21.3 Å². The third-order valence-corrected chi connectivity index (χ3v) is 2.81. The molecule has 0 saturated carbocycles. The highest BCUT2D eigenvalue weighted by Crippen LogP contribution is 2.23. The molecule has 112 valence electrons. The van der Waals surface area contributed by atoms with Gasteiger partial charge in [-0.3, -0.25) is 0 Å². The summed E-state index contributed by atoms with van der Waals surface area (Å²) in [5, 5.41) is 3.11. The molecule has 0 aliphatic heterocycles. The van der Waals surface area contributed by atoms with E-state index in [1.165, 1.54) is 42.5 Å². The predicted molar refractivity (Wildman–Crippen MR) is 71.9 cm³/mol. The van der Waals surface area contributed by atoms with Crippen LogP contribution >= 0.6 is 11.6 Å². The standard InChI is InChI=1S/C14H10ClF4NO/c15-10-3-6-13(12(16)7-10)20-8-9-1-4-11(5-2-9)21-14(17,18)19/h1-7,20H,8H2. The monoisotopic (exact) mass is 319 g/mol. The number of alkyl halides is 3. The van der Waals surface area contributed by atoms with Crippen molar-refractivity contribution in [3.63, 3.8) is 0 Å². The first kappa shape index (κ1) is 15.4. The van der Waals surface area contributed by atoms with Gasteiger partial charge in [0.2, 0.25) is 0 Å². The molecule has 0 bridgehead atoms. The predicted octanol–water partition coefficient (Wildman–Crippen LogP) is 4.99. The molecular weight excluding hydrogens is 310 g/mol. The van der Waals surface area contributed by atoms with E-state index in [1.807, 2.05) is 0 Å². The number of benzene rings is 2. The fourth-order valence-electron chi connectivity index (χ4n) is 1.64. The van der Waals surface area contributed by atoms with Crippen molar-refractivity contribution >= 4 is 17.3 Å². The lowest BCUT2D eigenvalue weighted by Crippen LogP contribution is -2.17. The van der Waals surface area contributed by atoms with Gasteiger partial charge < -0.3 is 10.1 Å². The number of ether oxygens (including phenoxy) is 1.